The molecule has 1 saturated carbocycles. The minimum Gasteiger partial charge on any atom is -0.493 e. The van der Waals surface area contributed by atoms with Crippen molar-refractivity contribution in [2.75, 3.05) is 0 Å². The highest BCUT2D eigenvalue weighted by atomic mass is 16.6. The van der Waals surface area contributed by atoms with Crippen LogP contribution in [0.4, 0.5) is 11.4 Å². The molecule has 32 heavy (non-hydrogen) atoms. The number of amides is 1. The molecule has 8 heteroatoms. The van der Waals surface area contributed by atoms with Gasteiger partial charge in [-0.15, -0.1) is 10.2 Å². The largest absolute Gasteiger partial charge is 0.493 e. The van der Waals surface area contributed by atoms with Crippen LogP contribution in [-0.4, -0.2) is 20.9 Å². The van der Waals surface area contributed by atoms with Crippen LogP contribution in [0.5, 0.6) is 5.88 Å². The Kier molecular flexibility index (Phi) is 4.55. The van der Waals surface area contributed by atoms with Crippen LogP contribution in [0, 0.1) is 16.0 Å². The van der Waals surface area contributed by atoms with E-state index in [0.717, 1.165) is 11.1 Å². The van der Waals surface area contributed by atoms with Gasteiger partial charge >= 0.3 is 0 Å². The van der Waals surface area contributed by atoms with Crippen molar-refractivity contribution in [2.24, 2.45) is 16.1 Å². The van der Waals surface area contributed by atoms with Gasteiger partial charge in [-0.05, 0) is 23.6 Å². The van der Waals surface area contributed by atoms with Crippen LogP contribution in [0.25, 0.3) is 10.9 Å². The van der Waals surface area contributed by atoms with E-state index in [-0.39, 0.29) is 17.3 Å². The number of azo groups is 1. The molecule has 0 radical (unpaired) electrons. The number of hydrogen-bond acceptors (Lipinski definition) is 5. The molecule has 2 N–H and O–H groups in total. The second-order valence-electron chi connectivity index (χ2n) is 7.81. The van der Waals surface area contributed by atoms with E-state index >= 15 is 0 Å². The van der Waals surface area contributed by atoms with Gasteiger partial charge in [0, 0.05) is 22.9 Å². The normalized spacial score (nSPS) is 16.9. The number of H-pyrrole nitrogens is 1. The molecule has 8 nitrogen and oxygen atoms in total. The highest BCUT2D eigenvalue weighted by molar-refractivity contribution is 5.96. The summed E-state index contributed by atoms with van der Waals surface area (Å²) in [5.74, 6) is -1.10. The number of nitro benzene ring substituents is 1. The van der Waals surface area contributed by atoms with E-state index in [1.165, 1.54) is 18.2 Å². The molecular weight excluding hydrogens is 408 g/mol. The van der Waals surface area contributed by atoms with Gasteiger partial charge in [0.15, 0.2) is 5.69 Å². The molecule has 1 fully saturated rings. The Morgan fingerprint density at radius 3 is 2.25 bits per heavy atom. The lowest BCUT2D eigenvalue weighted by Gasteiger charge is -2.17. The first kappa shape index (κ1) is 19.6. The van der Waals surface area contributed by atoms with Gasteiger partial charge in [0.2, 0.25) is 5.88 Å². The van der Waals surface area contributed by atoms with Gasteiger partial charge < -0.3 is 10.1 Å². The fourth-order valence-electron chi connectivity index (χ4n) is 4.37. The minimum absolute atomic E-state index is 0.00252. The van der Waals surface area contributed by atoms with Crippen LogP contribution in [0.2, 0.25) is 0 Å². The summed E-state index contributed by atoms with van der Waals surface area (Å²) in [5.41, 5.74) is 1.91. The summed E-state index contributed by atoms with van der Waals surface area (Å²) in [6, 6.07) is 23.7. The molecule has 0 saturated heterocycles. The van der Waals surface area contributed by atoms with Crippen molar-refractivity contribution >= 4 is 28.2 Å². The Morgan fingerprint density at radius 2 is 1.66 bits per heavy atom. The zero-order chi connectivity index (χ0) is 22.3. The summed E-state index contributed by atoms with van der Waals surface area (Å²) in [4.78, 5) is 26.3. The number of carbonyl (C=O) groups excluding carboxylic acids is 1. The second kappa shape index (κ2) is 7.42. The molecule has 1 aliphatic rings. The highest BCUT2D eigenvalue weighted by Gasteiger charge is 2.60. The number of aromatic nitrogens is 1. The first-order valence-electron chi connectivity index (χ1n) is 10.1. The molecule has 1 atom stereocenters. The fourth-order valence-corrected chi connectivity index (χ4v) is 4.37. The molecule has 4 aromatic rings. The average Bonchev–Trinajstić information content (AvgIpc) is 3.50. The lowest BCUT2D eigenvalue weighted by molar-refractivity contribution is -0.384. The van der Waals surface area contributed by atoms with Crippen LogP contribution in [0.15, 0.2) is 89.1 Å². The molecule has 3 aromatic carbocycles. The van der Waals surface area contributed by atoms with Gasteiger partial charge in [0.1, 0.15) is 0 Å². The quantitative estimate of drug-likeness (QED) is 0.252. The number of aromatic amines is 1. The number of benzene rings is 3. The smallest absolute Gasteiger partial charge is 0.270 e. The van der Waals surface area contributed by atoms with E-state index in [0.29, 0.717) is 17.3 Å². The number of nitrogens with zero attached hydrogens (tertiary/aromatic N) is 3. The number of aromatic hydroxyl groups is 1. The zero-order valence-corrected chi connectivity index (χ0v) is 16.8. The molecule has 5 rings (SSSR count). The van der Waals surface area contributed by atoms with E-state index in [1.54, 1.807) is 0 Å². The third-order valence-corrected chi connectivity index (χ3v) is 6.03. The lowest BCUT2D eigenvalue weighted by atomic mass is 9.85. The molecule has 0 spiro atoms. The van der Waals surface area contributed by atoms with Crippen molar-refractivity contribution in [2.45, 2.75) is 11.8 Å². The molecule has 1 heterocycles. The van der Waals surface area contributed by atoms with Crippen LogP contribution in [0.1, 0.15) is 17.5 Å². The SMILES string of the molecule is O=C(N=Nc1c(O)[nH]c2ccc([N+](=O)[O-])cc12)C1CC1(c1ccccc1)c1ccccc1. The highest BCUT2D eigenvalue weighted by Crippen LogP contribution is 2.59. The predicted molar refractivity (Wildman–Crippen MR) is 118 cm³/mol. The van der Waals surface area contributed by atoms with Gasteiger partial charge in [-0.25, -0.2) is 0 Å². The maximum atomic E-state index is 13.0. The topological polar surface area (TPSA) is 121 Å². The maximum Gasteiger partial charge on any atom is 0.270 e. The molecule has 1 amide bonds. The predicted octanol–water partition coefficient (Wildman–Crippen LogP) is 5.40. The number of nitro groups is 1. The third-order valence-electron chi connectivity index (χ3n) is 6.03. The van der Waals surface area contributed by atoms with E-state index in [4.69, 9.17) is 0 Å². The number of carbonyl (C=O) groups is 1. The summed E-state index contributed by atoms with van der Waals surface area (Å²) < 4.78 is 0. The molecular formula is C24H18N4O4. The number of non-ortho nitro benzene ring substituents is 1. The summed E-state index contributed by atoms with van der Waals surface area (Å²) in [7, 11) is 0. The van der Waals surface area contributed by atoms with Crippen LogP contribution in [-0.2, 0) is 10.2 Å². The maximum absolute atomic E-state index is 13.0. The standard InChI is InChI=1S/C24H18N4O4/c29-22(27-26-21-18-13-17(28(31)32)11-12-20(18)25-23(21)30)19-14-24(19,15-7-3-1-4-8-15)16-9-5-2-6-10-16/h1-13,19,25,30H,14H2. The van der Waals surface area contributed by atoms with Crippen LogP contribution < -0.4 is 0 Å². The molecule has 158 valence electrons. The number of fused-ring (bicyclic) bond motifs is 1. The zero-order valence-electron chi connectivity index (χ0n) is 16.8. The van der Waals surface area contributed by atoms with Crippen LogP contribution >= 0.6 is 0 Å². The number of hydrogen-bond donors (Lipinski definition) is 2. The van der Waals surface area contributed by atoms with E-state index < -0.39 is 22.2 Å². The van der Waals surface area contributed by atoms with Crippen molar-refractivity contribution in [3.8, 4) is 5.88 Å². The molecule has 1 unspecified atom stereocenters. The number of rotatable bonds is 5. The minimum atomic E-state index is -0.534. The van der Waals surface area contributed by atoms with Gasteiger partial charge in [0.05, 0.1) is 16.4 Å². The first-order valence-corrected chi connectivity index (χ1v) is 10.1. The second-order valence-corrected chi connectivity index (χ2v) is 7.81. The summed E-state index contributed by atoms with van der Waals surface area (Å²) >= 11 is 0. The molecule has 1 aromatic heterocycles. The Labute approximate surface area is 182 Å². The monoisotopic (exact) mass is 426 g/mol. The first-order chi connectivity index (χ1) is 15.5. The lowest BCUT2D eigenvalue weighted by Crippen LogP contribution is -2.16. The summed E-state index contributed by atoms with van der Waals surface area (Å²) in [6.07, 6.45) is 0.601. The Hall–Kier alpha value is -4.33. The van der Waals surface area contributed by atoms with E-state index in [1.807, 2.05) is 60.7 Å². The molecule has 0 bridgehead atoms. The van der Waals surface area contributed by atoms with Crippen molar-refractivity contribution in [1.82, 2.24) is 4.98 Å². The number of nitrogens with one attached hydrogen (secondary N) is 1. The molecule has 0 aliphatic heterocycles. The van der Waals surface area contributed by atoms with Gasteiger partial charge in [0.25, 0.3) is 11.6 Å². The Balaban J connectivity index is 1.49. The third kappa shape index (κ3) is 3.13. The van der Waals surface area contributed by atoms with Gasteiger partial charge in [-0.2, -0.15) is 0 Å². The average molecular weight is 426 g/mol. The van der Waals surface area contributed by atoms with Crippen molar-refractivity contribution in [1.29, 1.82) is 0 Å². The Bertz CT molecular complexity index is 1320. The van der Waals surface area contributed by atoms with Crippen LogP contribution in [0.3, 0.4) is 0 Å². The molecule has 1 aliphatic carbocycles. The van der Waals surface area contributed by atoms with Crippen molar-refractivity contribution in [3.63, 3.8) is 0 Å². The van der Waals surface area contributed by atoms with Crippen molar-refractivity contribution < 1.29 is 14.8 Å². The summed E-state index contributed by atoms with van der Waals surface area (Å²) in [6.45, 7) is 0. The van der Waals surface area contributed by atoms with Gasteiger partial charge in [-0.3, -0.25) is 14.9 Å². The Morgan fingerprint density at radius 1 is 1.03 bits per heavy atom. The fraction of sp³-hybridized carbons (Fsp3) is 0.125. The van der Waals surface area contributed by atoms with Gasteiger partial charge in [-0.1, -0.05) is 60.7 Å². The van der Waals surface area contributed by atoms with E-state index in [9.17, 15) is 20.0 Å². The van der Waals surface area contributed by atoms with Crippen molar-refractivity contribution in [3.05, 3.63) is 100 Å². The summed E-state index contributed by atoms with van der Waals surface area (Å²) in [5, 5.41) is 29.5. The van der Waals surface area contributed by atoms with E-state index in [2.05, 4.69) is 15.2 Å².